The minimum absolute atomic E-state index is 0.124. The maximum Gasteiger partial charge on any atom is 0.270 e. The molecule has 2 aromatic heterocycles. The van der Waals surface area contributed by atoms with Gasteiger partial charge in [0.05, 0.1) is 79.3 Å². The lowest BCUT2D eigenvalue weighted by molar-refractivity contribution is 0.00499. The van der Waals surface area contributed by atoms with Crippen LogP contribution in [0.5, 0.6) is 23.0 Å². The highest BCUT2D eigenvalue weighted by Crippen LogP contribution is 2.16. The van der Waals surface area contributed by atoms with Crippen LogP contribution in [0, 0.1) is 0 Å². The number of benzene rings is 4. The van der Waals surface area contributed by atoms with Crippen molar-refractivity contribution in [2.24, 2.45) is 0 Å². The summed E-state index contributed by atoms with van der Waals surface area (Å²) in [4.78, 5) is 60.4. The minimum Gasteiger partial charge on any atom is -0.491 e. The minimum atomic E-state index is -0.410. The van der Waals surface area contributed by atoms with Crippen molar-refractivity contribution >= 4 is 23.6 Å². The van der Waals surface area contributed by atoms with Crippen molar-refractivity contribution in [3.63, 3.8) is 0 Å². The Morgan fingerprint density at radius 1 is 0.256 bits per heavy atom. The van der Waals surface area contributed by atoms with Gasteiger partial charge in [0, 0.05) is 26.2 Å². The maximum absolute atomic E-state index is 13.0. The molecule has 4 N–H and O–H groups in total. The van der Waals surface area contributed by atoms with Gasteiger partial charge in [-0.25, -0.2) is 9.97 Å². The fraction of sp³-hybridized carbons (Fsp3) is 0.345. The Morgan fingerprint density at radius 2 is 0.449 bits per heavy atom. The number of nitrogens with one attached hydrogen (secondary N) is 4. The van der Waals surface area contributed by atoms with Crippen LogP contribution in [0.4, 0.5) is 0 Å². The number of amides is 4. The van der Waals surface area contributed by atoms with E-state index in [4.69, 9.17) is 47.4 Å². The predicted octanol–water partition coefficient (Wildman–Crippen LogP) is 5.53. The van der Waals surface area contributed by atoms with E-state index >= 15 is 0 Å². The zero-order chi connectivity index (χ0) is 54.2. The molecule has 0 atom stereocenters. The van der Waals surface area contributed by atoms with Gasteiger partial charge in [-0.15, -0.1) is 0 Å². The number of aromatic nitrogens is 2. The van der Waals surface area contributed by atoms with Crippen LogP contribution >= 0.6 is 0 Å². The molecule has 0 saturated carbocycles. The van der Waals surface area contributed by atoms with Crippen LogP contribution in [-0.4, -0.2) is 139 Å². The largest absolute Gasteiger partial charge is 0.491 e. The van der Waals surface area contributed by atoms with E-state index in [0.29, 0.717) is 129 Å². The fourth-order valence-electron chi connectivity index (χ4n) is 7.24. The Balaban J connectivity index is 0.819. The molecule has 0 spiro atoms. The number of pyridine rings is 2. The Morgan fingerprint density at radius 3 is 0.654 bits per heavy atom. The first-order valence-corrected chi connectivity index (χ1v) is 25.7. The van der Waals surface area contributed by atoms with Crippen LogP contribution in [0.25, 0.3) is 0 Å². The molecule has 0 saturated heterocycles. The van der Waals surface area contributed by atoms with E-state index in [2.05, 4.69) is 31.2 Å². The van der Waals surface area contributed by atoms with Crippen LogP contribution in [0.3, 0.4) is 0 Å². The Labute approximate surface area is 453 Å². The van der Waals surface area contributed by atoms with Crippen molar-refractivity contribution in [1.82, 2.24) is 31.2 Å². The highest BCUT2D eigenvalue weighted by molar-refractivity contribution is 5.97. The van der Waals surface area contributed by atoms with E-state index in [-0.39, 0.29) is 49.0 Å². The van der Waals surface area contributed by atoms with Gasteiger partial charge in [0.1, 0.15) is 72.2 Å². The summed E-state index contributed by atoms with van der Waals surface area (Å²) in [6.07, 6.45) is 0. The lowest BCUT2D eigenvalue weighted by Gasteiger charge is -2.10. The van der Waals surface area contributed by atoms with Gasteiger partial charge in [-0.3, -0.25) is 19.2 Å². The lowest BCUT2D eigenvalue weighted by Crippen LogP contribution is -2.27. The number of hydrogen-bond acceptors (Lipinski definition) is 16. The number of hydrogen-bond donors (Lipinski definition) is 4. The van der Waals surface area contributed by atoms with Crippen molar-refractivity contribution in [2.45, 2.75) is 26.2 Å². The Hall–Kier alpha value is -7.98. The second-order valence-electron chi connectivity index (χ2n) is 17.2. The molecule has 7 aliphatic heterocycles. The van der Waals surface area contributed by atoms with Crippen LogP contribution in [-0.2, 0) is 54.6 Å². The molecule has 13 rings (SSSR count). The second kappa shape index (κ2) is 33.2. The monoisotopic (exact) mass is 1070 g/mol. The van der Waals surface area contributed by atoms with Gasteiger partial charge < -0.3 is 68.6 Å². The molecule has 12 bridgehead atoms. The third-order valence-electron chi connectivity index (χ3n) is 11.4. The number of ether oxygens (including phenoxy) is 10. The molecule has 78 heavy (non-hydrogen) atoms. The van der Waals surface area contributed by atoms with Gasteiger partial charge in [0.25, 0.3) is 23.6 Å². The summed E-state index contributed by atoms with van der Waals surface area (Å²) in [6.45, 7) is 7.18. The van der Waals surface area contributed by atoms with Gasteiger partial charge in [-0.2, -0.15) is 0 Å². The first-order valence-electron chi connectivity index (χ1n) is 25.7. The first kappa shape index (κ1) is 57.7. The molecule has 6 aromatic rings. The van der Waals surface area contributed by atoms with Gasteiger partial charge in [0.2, 0.25) is 0 Å². The van der Waals surface area contributed by atoms with E-state index in [0.717, 1.165) is 22.3 Å². The molecule has 4 aromatic carbocycles. The van der Waals surface area contributed by atoms with Crippen molar-refractivity contribution in [3.8, 4) is 23.0 Å². The van der Waals surface area contributed by atoms with Crippen molar-refractivity contribution in [1.29, 1.82) is 0 Å². The summed E-state index contributed by atoms with van der Waals surface area (Å²) in [5.74, 6) is 1.01. The van der Waals surface area contributed by atoms with Gasteiger partial charge in [-0.05, 0) is 95.1 Å². The van der Waals surface area contributed by atoms with E-state index in [1.54, 1.807) is 36.4 Å². The van der Waals surface area contributed by atoms with Crippen molar-refractivity contribution < 1.29 is 66.5 Å². The third kappa shape index (κ3) is 21.2. The smallest absolute Gasteiger partial charge is 0.270 e. The second-order valence-corrected chi connectivity index (χ2v) is 17.2. The summed E-state index contributed by atoms with van der Waals surface area (Å²) in [6, 6.07) is 38.9. The van der Waals surface area contributed by atoms with Crippen LogP contribution in [0.2, 0.25) is 0 Å². The SMILES string of the molecule is O=C1NCc2ccc(cc2)OCCOCCOCCOCCOc2ccc(cc2)CNC(=O)c2cccc(n2)C(=O)NCc2ccc(cc2)OCCOCCOCCOCCOc2ccc(cc2)CNC(=O)c2cccc1n2. The first-order chi connectivity index (χ1) is 38.3. The summed E-state index contributed by atoms with van der Waals surface area (Å²) < 4.78 is 56.8. The Bertz CT molecular complexity index is 2380. The summed E-state index contributed by atoms with van der Waals surface area (Å²) in [5.41, 5.74) is 3.92. The van der Waals surface area contributed by atoms with Gasteiger partial charge >= 0.3 is 0 Å². The molecule has 0 aliphatic carbocycles. The number of carbonyl (C=O) groups excluding carboxylic acids is 4. The molecule has 7 aliphatic rings. The number of nitrogens with zero attached hydrogens (tertiary/aromatic N) is 2. The Kier molecular flexibility index (Phi) is 24.6. The van der Waals surface area contributed by atoms with Crippen molar-refractivity contribution in [2.75, 3.05) is 106 Å². The van der Waals surface area contributed by atoms with Gasteiger partial charge in [0.15, 0.2) is 0 Å². The molecule has 0 unspecified atom stereocenters. The number of carbonyl (C=O) groups is 4. The van der Waals surface area contributed by atoms with E-state index in [1.165, 1.54) is 0 Å². The van der Waals surface area contributed by atoms with E-state index in [1.807, 2.05) is 97.1 Å². The van der Waals surface area contributed by atoms with Crippen LogP contribution in [0.15, 0.2) is 133 Å². The topological polar surface area (TPSA) is 234 Å². The molecule has 20 nitrogen and oxygen atoms in total. The van der Waals surface area contributed by atoms with Gasteiger partial charge in [-0.1, -0.05) is 60.7 Å². The standard InChI is InChI=1S/C58H66N6O14/c65-55-51-3-1-4-52(63-51)56(66)60-40-44-9-17-48(18-10-44)76-36-32-72-28-24-70-26-30-74-34-38-78-50-21-13-46(14-22-50)42-62-58(68)54-6-2-5-53(64-54)57(67)61-41-45-11-19-49(20-12-45)77-37-33-73-29-25-69-23-27-71-31-35-75-47-15-7-43(8-16-47)39-59-55/h1-22H,23-42H2,(H,59,65)(H,60,66)(H,61,67)(H,62,68). The zero-order valence-corrected chi connectivity index (χ0v) is 43.5. The maximum atomic E-state index is 13.0. The number of rotatable bonds is 0. The molecule has 9 heterocycles. The summed E-state index contributed by atoms with van der Waals surface area (Å²) >= 11 is 0. The zero-order valence-electron chi connectivity index (χ0n) is 43.5. The van der Waals surface area contributed by atoms with Crippen molar-refractivity contribution in [3.05, 3.63) is 178 Å². The molecule has 0 fully saturated rings. The average molecular weight is 1070 g/mol. The summed E-state index contributed by atoms with van der Waals surface area (Å²) in [7, 11) is 0. The highest BCUT2D eigenvalue weighted by atomic mass is 16.6. The molecule has 0 radical (unpaired) electrons. The average Bonchev–Trinajstić information content (AvgIpc) is 3.48. The molecule has 412 valence electrons. The fourth-order valence-corrected chi connectivity index (χ4v) is 7.24. The lowest BCUT2D eigenvalue weighted by atomic mass is 10.2. The molecule has 20 heteroatoms. The van der Waals surface area contributed by atoms with Crippen LogP contribution in [0.1, 0.15) is 64.2 Å². The normalized spacial score (nSPS) is 16.8. The van der Waals surface area contributed by atoms with E-state index in [9.17, 15) is 19.2 Å². The quantitative estimate of drug-likeness (QED) is 0.147. The summed E-state index contributed by atoms with van der Waals surface area (Å²) in [5, 5.41) is 11.4. The molecule has 4 amide bonds. The van der Waals surface area contributed by atoms with Crippen LogP contribution < -0.4 is 40.2 Å². The predicted molar refractivity (Wildman–Crippen MR) is 286 cm³/mol. The molecular formula is C58H66N6O14. The highest BCUT2D eigenvalue weighted by Gasteiger charge is 2.15. The third-order valence-corrected chi connectivity index (χ3v) is 11.4. The van der Waals surface area contributed by atoms with E-state index < -0.39 is 23.6 Å². The molecular weight excluding hydrogens is 1000 g/mol.